The van der Waals surface area contributed by atoms with E-state index in [1.807, 2.05) is 0 Å². The molecule has 2 aromatic rings. The number of benzene rings is 2. The number of amides is 1. The van der Waals surface area contributed by atoms with Gasteiger partial charge in [0, 0.05) is 18.4 Å². The molecule has 0 aliphatic carbocycles. The molecule has 0 saturated heterocycles. The average molecular weight is 307 g/mol. The number of anilines is 1. The van der Waals surface area contributed by atoms with E-state index >= 15 is 0 Å². The Morgan fingerprint density at radius 2 is 1.73 bits per heavy atom. The molecule has 0 unspecified atom stereocenters. The van der Waals surface area contributed by atoms with E-state index in [2.05, 4.69) is 10.1 Å². The smallest absolute Gasteiger partial charge is 0.387 e. The lowest BCUT2D eigenvalue weighted by Gasteiger charge is -2.08. The molecule has 0 spiro atoms. The van der Waals surface area contributed by atoms with Crippen LogP contribution in [0.3, 0.4) is 0 Å². The highest BCUT2D eigenvalue weighted by molar-refractivity contribution is 6.04. The first-order valence-electron chi connectivity index (χ1n) is 6.52. The summed E-state index contributed by atoms with van der Waals surface area (Å²) < 4.78 is 33.3. The summed E-state index contributed by atoms with van der Waals surface area (Å²) in [5.74, 6) is -0.247. The lowest BCUT2D eigenvalue weighted by Crippen LogP contribution is -2.12. The fraction of sp³-hybridized carbons (Fsp3) is 0.188. The molecule has 6 heteroatoms. The molecule has 0 aromatic heterocycles. The van der Waals surface area contributed by atoms with E-state index in [0.29, 0.717) is 17.9 Å². The van der Waals surface area contributed by atoms with Crippen molar-refractivity contribution in [3.8, 4) is 5.75 Å². The highest BCUT2D eigenvalue weighted by Crippen LogP contribution is 2.18. The van der Waals surface area contributed by atoms with Crippen molar-refractivity contribution < 1.29 is 23.0 Å². The quantitative estimate of drug-likeness (QED) is 0.885. The summed E-state index contributed by atoms with van der Waals surface area (Å²) in [5.41, 5.74) is 1.95. The highest BCUT2D eigenvalue weighted by atomic mass is 19.3. The minimum Gasteiger partial charge on any atom is -0.435 e. The van der Waals surface area contributed by atoms with Gasteiger partial charge in [-0.1, -0.05) is 12.1 Å². The normalized spacial score (nSPS) is 10.5. The van der Waals surface area contributed by atoms with Gasteiger partial charge in [-0.05, 0) is 42.0 Å². The van der Waals surface area contributed by atoms with Gasteiger partial charge in [0.2, 0.25) is 0 Å². The number of carbonyl (C=O) groups is 1. The number of hydrogen-bond donors (Lipinski definition) is 1. The standard InChI is InChI=1S/C16H15F2NO3/c1-21-10-11-2-4-12(5-3-11)15(20)19-13-6-8-14(9-7-13)22-16(17)18/h2-9,16H,10H2,1H3,(H,19,20). The van der Waals surface area contributed by atoms with Gasteiger partial charge in [-0.3, -0.25) is 4.79 Å². The lowest BCUT2D eigenvalue weighted by atomic mass is 10.1. The Morgan fingerprint density at radius 3 is 2.27 bits per heavy atom. The zero-order valence-corrected chi connectivity index (χ0v) is 11.9. The molecular weight excluding hydrogens is 292 g/mol. The molecule has 116 valence electrons. The summed E-state index contributed by atoms with van der Waals surface area (Å²) in [6, 6.07) is 12.7. The van der Waals surface area contributed by atoms with Crippen molar-refractivity contribution in [1.29, 1.82) is 0 Å². The second-order valence-corrected chi connectivity index (χ2v) is 4.49. The Morgan fingerprint density at radius 1 is 1.09 bits per heavy atom. The van der Waals surface area contributed by atoms with Crippen molar-refractivity contribution in [2.45, 2.75) is 13.2 Å². The summed E-state index contributed by atoms with van der Waals surface area (Å²) in [7, 11) is 1.60. The summed E-state index contributed by atoms with van der Waals surface area (Å²) in [6.07, 6.45) is 0. The van der Waals surface area contributed by atoms with E-state index in [4.69, 9.17) is 4.74 Å². The molecule has 0 atom stereocenters. The van der Waals surface area contributed by atoms with Gasteiger partial charge >= 0.3 is 6.61 Å². The summed E-state index contributed by atoms with van der Waals surface area (Å²) in [4.78, 5) is 12.1. The van der Waals surface area contributed by atoms with E-state index in [1.165, 1.54) is 24.3 Å². The van der Waals surface area contributed by atoms with Crippen molar-refractivity contribution in [3.05, 3.63) is 59.7 Å². The van der Waals surface area contributed by atoms with Crippen LogP contribution >= 0.6 is 0 Å². The van der Waals surface area contributed by atoms with E-state index in [-0.39, 0.29) is 11.7 Å². The van der Waals surface area contributed by atoms with Gasteiger partial charge in [0.25, 0.3) is 5.91 Å². The first kappa shape index (κ1) is 15.9. The number of alkyl halides is 2. The zero-order valence-electron chi connectivity index (χ0n) is 11.9. The molecule has 0 heterocycles. The van der Waals surface area contributed by atoms with Gasteiger partial charge in [0.1, 0.15) is 5.75 Å². The van der Waals surface area contributed by atoms with Gasteiger partial charge in [-0.2, -0.15) is 8.78 Å². The maximum atomic E-state index is 12.1. The van der Waals surface area contributed by atoms with Crippen molar-refractivity contribution in [3.63, 3.8) is 0 Å². The fourth-order valence-electron chi connectivity index (χ4n) is 1.84. The largest absolute Gasteiger partial charge is 0.435 e. The van der Waals surface area contributed by atoms with Crippen LogP contribution in [0.1, 0.15) is 15.9 Å². The van der Waals surface area contributed by atoms with Crippen molar-refractivity contribution in [2.75, 3.05) is 12.4 Å². The summed E-state index contributed by atoms with van der Waals surface area (Å²) >= 11 is 0. The number of rotatable bonds is 6. The van der Waals surface area contributed by atoms with E-state index in [0.717, 1.165) is 5.56 Å². The fourth-order valence-corrected chi connectivity index (χ4v) is 1.84. The average Bonchev–Trinajstić information content (AvgIpc) is 2.50. The molecule has 0 radical (unpaired) electrons. The summed E-state index contributed by atoms with van der Waals surface area (Å²) in [6.45, 7) is -2.39. The molecule has 0 saturated carbocycles. The van der Waals surface area contributed by atoms with Crippen molar-refractivity contribution in [2.24, 2.45) is 0 Å². The molecular formula is C16H15F2NO3. The number of hydrogen-bond acceptors (Lipinski definition) is 3. The van der Waals surface area contributed by atoms with E-state index < -0.39 is 6.61 Å². The van der Waals surface area contributed by atoms with E-state index in [9.17, 15) is 13.6 Å². The number of nitrogens with one attached hydrogen (secondary N) is 1. The number of ether oxygens (including phenoxy) is 2. The van der Waals surface area contributed by atoms with E-state index in [1.54, 1.807) is 31.4 Å². The van der Waals surface area contributed by atoms with Crippen molar-refractivity contribution in [1.82, 2.24) is 0 Å². The predicted octanol–water partition coefficient (Wildman–Crippen LogP) is 3.69. The third kappa shape index (κ3) is 4.53. The Labute approximate surface area is 126 Å². The molecule has 0 aliphatic rings. The van der Waals surface area contributed by atoms with Crippen LogP contribution in [0.25, 0.3) is 0 Å². The van der Waals surface area contributed by atoms with Gasteiger partial charge in [0.15, 0.2) is 0 Å². The molecule has 1 amide bonds. The molecule has 0 bridgehead atoms. The second-order valence-electron chi connectivity index (χ2n) is 4.49. The Hall–Kier alpha value is -2.47. The van der Waals surface area contributed by atoms with Crippen LogP contribution in [0.2, 0.25) is 0 Å². The third-order valence-electron chi connectivity index (χ3n) is 2.86. The lowest BCUT2D eigenvalue weighted by molar-refractivity contribution is -0.0498. The zero-order chi connectivity index (χ0) is 15.9. The molecule has 0 aliphatic heterocycles. The molecule has 0 fully saturated rings. The van der Waals surface area contributed by atoms with Crippen LogP contribution in [0.15, 0.2) is 48.5 Å². The first-order valence-corrected chi connectivity index (χ1v) is 6.52. The van der Waals surface area contributed by atoms with Gasteiger partial charge in [-0.15, -0.1) is 0 Å². The Kier molecular flexibility index (Phi) is 5.43. The minimum absolute atomic E-state index is 0.0388. The van der Waals surface area contributed by atoms with Crippen LogP contribution in [-0.2, 0) is 11.3 Å². The molecule has 2 aromatic carbocycles. The third-order valence-corrected chi connectivity index (χ3v) is 2.86. The molecule has 22 heavy (non-hydrogen) atoms. The topological polar surface area (TPSA) is 47.6 Å². The van der Waals surface area contributed by atoms with Crippen LogP contribution in [0.4, 0.5) is 14.5 Å². The van der Waals surface area contributed by atoms with Gasteiger partial charge in [0.05, 0.1) is 6.61 Å². The Balaban J connectivity index is 1.99. The van der Waals surface area contributed by atoms with Crippen LogP contribution in [0.5, 0.6) is 5.75 Å². The number of carbonyl (C=O) groups excluding carboxylic acids is 1. The molecule has 2 rings (SSSR count). The predicted molar refractivity (Wildman–Crippen MR) is 78.2 cm³/mol. The van der Waals surface area contributed by atoms with Crippen LogP contribution in [-0.4, -0.2) is 19.6 Å². The SMILES string of the molecule is COCc1ccc(C(=O)Nc2ccc(OC(F)F)cc2)cc1. The maximum Gasteiger partial charge on any atom is 0.387 e. The monoisotopic (exact) mass is 307 g/mol. The number of methoxy groups -OCH3 is 1. The van der Waals surface area contributed by atoms with Gasteiger partial charge < -0.3 is 14.8 Å². The minimum atomic E-state index is -2.87. The second kappa shape index (κ2) is 7.51. The summed E-state index contributed by atoms with van der Waals surface area (Å²) in [5, 5.41) is 2.68. The van der Waals surface area contributed by atoms with Crippen molar-refractivity contribution >= 4 is 11.6 Å². The molecule has 4 nitrogen and oxygen atoms in total. The Bertz CT molecular complexity index is 612. The van der Waals surface area contributed by atoms with Crippen LogP contribution in [0, 0.1) is 0 Å². The highest BCUT2D eigenvalue weighted by Gasteiger charge is 2.07. The maximum absolute atomic E-state index is 12.1. The van der Waals surface area contributed by atoms with Crippen LogP contribution < -0.4 is 10.1 Å². The van der Waals surface area contributed by atoms with Gasteiger partial charge in [-0.25, -0.2) is 0 Å². The first-order chi connectivity index (χ1) is 10.6. The molecule has 1 N–H and O–H groups in total. The number of halogens is 2.